The van der Waals surface area contributed by atoms with Crippen LogP contribution in [0, 0.1) is 0 Å². The minimum Gasteiger partial charge on any atom is -0.234 e. The van der Waals surface area contributed by atoms with Gasteiger partial charge < -0.3 is 0 Å². The standard InChI is InChI=1S/C2H2O.3CH4/c1-2-3;;;/h1H2;3*1H4. The molecule has 0 aromatic heterocycles. The summed E-state index contributed by atoms with van der Waals surface area (Å²) in [5.74, 6) is 1.25. The summed E-state index contributed by atoms with van der Waals surface area (Å²) in [4.78, 5) is 8.57. The molecule has 0 atom stereocenters. The van der Waals surface area contributed by atoms with Crippen molar-refractivity contribution in [1.29, 1.82) is 0 Å². The zero-order valence-electron chi connectivity index (χ0n) is 1.62. The quantitative estimate of drug-likeness (QED) is 0.415. The van der Waals surface area contributed by atoms with E-state index in [1.54, 1.807) is 0 Å². The summed E-state index contributed by atoms with van der Waals surface area (Å²) in [5.41, 5.74) is 0. The fourth-order valence-corrected chi connectivity index (χ4v) is 0. The predicted molar refractivity (Wildman–Crippen MR) is 31.5 cm³/mol. The fraction of sp³-hybridized carbons (Fsp3) is 0.600. The second kappa shape index (κ2) is 262. The molecule has 40 valence electrons. The Bertz CT molecular complexity index is 24.9. The molecule has 1 heteroatoms. The monoisotopic (exact) mass is 90.1 g/mol. The van der Waals surface area contributed by atoms with Crippen molar-refractivity contribution in [2.75, 3.05) is 0 Å². The van der Waals surface area contributed by atoms with Crippen molar-refractivity contribution in [3.05, 3.63) is 6.58 Å². The minimum absolute atomic E-state index is 0. The molecule has 0 aliphatic carbocycles. The van der Waals surface area contributed by atoms with Crippen LogP contribution >= 0.6 is 0 Å². The van der Waals surface area contributed by atoms with E-state index in [4.69, 9.17) is 4.79 Å². The Morgan fingerprint density at radius 3 is 1.17 bits per heavy atom. The first-order valence-electron chi connectivity index (χ1n) is 0.558. The molecular formula is C5H14O. The maximum atomic E-state index is 8.57. The molecule has 0 amide bonds. The van der Waals surface area contributed by atoms with Crippen LogP contribution in [0.5, 0.6) is 0 Å². The number of rotatable bonds is 0. The summed E-state index contributed by atoms with van der Waals surface area (Å²) >= 11 is 0. The Labute approximate surface area is 40.7 Å². The van der Waals surface area contributed by atoms with E-state index < -0.39 is 0 Å². The Morgan fingerprint density at radius 2 is 1.17 bits per heavy atom. The molecule has 0 saturated heterocycles. The Kier molecular flexibility index (Phi) is 2240. The molecule has 0 rings (SSSR count). The molecule has 0 aromatic rings. The summed E-state index contributed by atoms with van der Waals surface area (Å²) in [6, 6.07) is 0. The molecule has 0 unspecified atom stereocenters. The molecule has 0 fully saturated rings. The van der Waals surface area contributed by atoms with Crippen LogP contribution in [-0.2, 0) is 4.79 Å². The van der Waals surface area contributed by atoms with E-state index in [1.807, 2.05) is 0 Å². The third kappa shape index (κ3) is 68.5. The lowest BCUT2D eigenvalue weighted by molar-refractivity contribution is 0.569. The highest BCUT2D eigenvalue weighted by atomic mass is 16.1. The van der Waals surface area contributed by atoms with Crippen LogP contribution < -0.4 is 0 Å². The third-order valence-corrected chi connectivity index (χ3v) is 0. The van der Waals surface area contributed by atoms with Crippen molar-refractivity contribution in [1.82, 2.24) is 0 Å². The van der Waals surface area contributed by atoms with E-state index in [1.165, 1.54) is 5.94 Å². The van der Waals surface area contributed by atoms with Crippen LogP contribution in [-0.4, -0.2) is 5.94 Å². The number of hydrogen-bond donors (Lipinski definition) is 0. The lowest BCUT2D eigenvalue weighted by atomic mass is 11.2. The summed E-state index contributed by atoms with van der Waals surface area (Å²) in [6.45, 7) is 2.68. The number of carbonyl (C=O) groups excluding carboxylic acids is 1. The molecule has 1 nitrogen and oxygen atoms in total. The van der Waals surface area contributed by atoms with Gasteiger partial charge in [-0.15, -0.1) is 0 Å². The Balaban J connectivity index is -0.00000000667. The van der Waals surface area contributed by atoms with Crippen LogP contribution in [0.2, 0.25) is 0 Å². The summed E-state index contributed by atoms with van der Waals surface area (Å²) in [5, 5.41) is 0. The van der Waals surface area contributed by atoms with E-state index >= 15 is 0 Å². The summed E-state index contributed by atoms with van der Waals surface area (Å²) in [7, 11) is 0. The van der Waals surface area contributed by atoms with E-state index in [0.29, 0.717) is 0 Å². The van der Waals surface area contributed by atoms with Gasteiger partial charge in [0.25, 0.3) is 0 Å². The summed E-state index contributed by atoms with van der Waals surface area (Å²) < 4.78 is 0. The number of hydrogen-bond acceptors (Lipinski definition) is 1. The van der Waals surface area contributed by atoms with Crippen molar-refractivity contribution in [2.45, 2.75) is 22.3 Å². The lowest BCUT2D eigenvalue weighted by Gasteiger charge is -1.02. The highest BCUT2D eigenvalue weighted by Gasteiger charge is 1.01. The molecule has 0 N–H and O–H groups in total. The van der Waals surface area contributed by atoms with Crippen LogP contribution in [0.4, 0.5) is 0 Å². The van der Waals surface area contributed by atoms with Crippen molar-refractivity contribution < 1.29 is 4.79 Å². The first-order chi connectivity index (χ1) is 1.41. The first kappa shape index (κ1) is 51.3. The smallest absolute Gasteiger partial charge is 0.116 e. The predicted octanol–water partition coefficient (Wildman–Crippen LogP) is 1.91. The second-order valence-corrected chi connectivity index (χ2v) is 0.144. The van der Waals surface area contributed by atoms with Gasteiger partial charge in [-0.1, -0.05) is 22.3 Å². The minimum atomic E-state index is 0. The summed E-state index contributed by atoms with van der Waals surface area (Å²) in [6.07, 6.45) is 0. The van der Waals surface area contributed by atoms with Crippen molar-refractivity contribution in [2.24, 2.45) is 0 Å². The third-order valence-electron chi connectivity index (χ3n) is 0. The lowest BCUT2D eigenvalue weighted by Crippen LogP contribution is -1.15. The second-order valence-electron chi connectivity index (χ2n) is 0.144. The Hall–Kier alpha value is -0.550. The fourth-order valence-electron chi connectivity index (χ4n) is 0. The molecule has 0 spiro atoms. The average Bonchev–Trinajstić information content (AvgIpc) is 0.918. The van der Waals surface area contributed by atoms with E-state index in [2.05, 4.69) is 6.58 Å². The van der Waals surface area contributed by atoms with Crippen molar-refractivity contribution in [3.63, 3.8) is 0 Å². The van der Waals surface area contributed by atoms with Gasteiger partial charge >= 0.3 is 0 Å². The van der Waals surface area contributed by atoms with Gasteiger partial charge in [0.15, 0.2) is 0 Å². The largest absolute Gasteiger partial charge is 0.234 e. The normalized spacial score (nSPS) is 1.33. The van der Waals surface area contributed by atoms with Gasteiger partial charge in [-0.25, -0.2) is 4.79 Å². The van der Waals surface area contributed by atoms with E-state index in [-0.39, 0.29) is 22.3 Å². The molecule has 0 aromatic carbocycles. The van der Waals surface area contributed by atoms with Gasteiger partial charge in [0, 0.05) is 0 Å². The zero-order chi connectivity index (χ0) is 2.71. The SMILES string of the molecule is C.C.C.C=C=O. The molecule has 0 aliphatic rings. The molecule has 0 saturated carbocycles. The first-order valence-corrected chi connectivity index (χ1v) is 0.558. The van der Waals surface area contributed by atoms with Gasteiger partial charge in [-0.05, 0) is 6.58 Å². The molecule has 0 aliphatic heterocycles. The topological polar surface area (TPSA) is 17.1 Å². The van der Waals surface area contributed by atoms with Gasteiger partial charge in [0.05, 0.1) is 0 Å². The zero-order valence-corrected chi connectivity index (χ0v) is 1.62. The molecule has 0 bridgehead atoms. The van der Waals surface area contributed by atoms with Crippen LogP contribution in [0.15, 0.2) is 6.58 Å². The Morgan fingerprint density at radius 1 is 1.17 bits per heavy atom. The van der Waals surface area contributed by atoms with Gasteiger partial charge in [-0.2, -0.15) is 0 Å². The van der Waals surface area contributed by atoms with Crippen molar-refractivity contribution >= 4 is 5.94 Å². The van der Waals surface area contributed by atoms with Crippen LogP contribution in [0.25, 0.3) is 0 Å². The van der Waals surface area contributed by atoms with Crippen LogP contribution in [0.3, 0.4) is 0 Å². The van der Waals surface area contributed by atoms with E-state index in [0.717, 1.165) is 0 Å². The van der Waals surface area contributed by atoms with Gasteiger partial charge in [0.1, 0.15) is 5.94 Å². The van der Waals surface area contributed by atoms with Gasteiger partial charge in [0.2, 0.25) is 0 Å². The maximum absolute atomic E-state index is 8.57. The van der Waals surface area contributed by atoms with Crippen molar-refractivity contribution in [3.8, 4) is 0 Å². The molecule has 0 radical (unpaired) electrons. The maximum Gasteiger partial charge on any atom is 0.116 e. The van der Waals surface area contributed by atoms with Gasteiger partial charge in [-0.3, -0.25) is 0 Å². The molecule has 6 heavy (non-hydrogen) atoms. The van der Waals surface area contributed by atoms with E-state index in [9.17, 15) is 0 Å². The molecule has 0 heterocycles. The van der Waals surface area contributed by atoms with Crippen LogP contribution in [0.1, 0.15) is 22.3 Å². The average molecular weight is 90.2 g/mol. The molecular weight excluding hydrogens is 76.1 g/mol. The highest BCUT2D eigenvalue weighted by molar-refractivity contribution is 5.38. The highest BCUT2D eigenvalue weighted by Crippen LogP contribution is 0.894.